The van der Waals surface area contributed by atoms with Crippen molar-refractivity contribution >= 4 is 5.91 Å². The normalized spacial score (nSPS) is 12.1. The highest BCUT2D eigenvalue weighted by atomic mass is 16.3. The number of hydrogen-bond donors (Lipinski definition) is 2. The van der Waals surface area contributed by atoms with E-state index in [1.54, 1.807) is 12.4 Å². The average Bonchev–Trinajstić information content (AvgIpc) is 2.35. The molecule has 1 unspecified atom stereocenters. The molecule has 0 aromatic carbocycles. The fourth-order valence-corrected chi connectivity index (χ4v) is 1.64. The quantitative estimate of drug-likeness (QED) is 0.746. The summed E-state index contributed by atoms with van der Waals surface area (Å²) in [6.45, 7) is 2.88. The maximum atomic E-state index is 11.6. The molecule has 1 aromatic rings. The summed E-state index contributed by atoms with van der Waals surface area (Å²) in [7, 11) is 0. The lowest BCUT2D eigenvalue weighted by Crippen LogP contribution is -2.30. The Labute approximate surface area is 102 Å². The Morgan fingerprint density at radius 1 is 1.47 bits per heavy atom. The number of aliphatic hydroxyl groups is 1. The van der Waals surface area contributed by atoms with Gasteiger partial charge in [0.1, 0.15) is 0 Å². The molecule has 17 heavy (non-hydrogen) atoms. The molecule has 0 aliphatic heterocycles. The van der Waals surface area contributed by atoms with Crippen molar-refractivity contribution in [2.45, 2.75) is 26.2 Å². The van der Waals surface area contributed by atoms with E-state index in [1.807, 2.05) is 12.1 Å². The van der Waals surface area contributed by atoms with Gasteiger partial charge >= 0.3 is 0 Å². The number of carbonyl (C=O) groups is 1. The number of aliphatic hydroxyl groups excluding tert-OH is 1. The van der Waals surface area contributed by atoms with Crippen LogP contribution in [0.25, 0.3) is 0 Å². The third kappa shape index (κ3) is 5.45. The van der Waals surface area contributed by atoms with E-state index in [-0.39, 0.29) is 12.5 Å². The van der Waals surface area contributed by atoms with Gasteiger partial charge < -0.3 is 10.4 Å². The predicted molar refractivity (Wildman–Crippen MR) is 66.4 cm³/mol. The number of rotatable bonds is 7. The highest BCUT2D eigenvalue weighted by Crippen LogP contribution is 2.05. The van der Waals surface area contributed by atoms with Gasteiger partial charge in [0, 0.05) is 25.5 Å². The molecule has 1 heterocycles. The molecule has 1 rings (SSSR count). The highest BCUT2D eigenvalue weighted by Gasteiger charge is 2.08. The van der Waals surface area contributed by atoms with E-state index in [2.05, 4.69) is 17.2 Å². The molecular weight excluding hydrogens is 216 g/mol. The van der Waals surface area contributed by atoms with Gasteiger partial charge in [0.25, 0.3) is 0 Å². The molecule has 1 amide bonds. The van der Waals surface area contributed by atoms with Crippen LogP contribution in [-0.2, 0) is 11.2 Å². The largest absolute Gasteiger partial charge is 0.396 e. The zero-order valence-electron chi connectivity index (χ0n) is 10.2. The van der Waals surface area contributed by atoms with Gasteiger partial charge in [0.05, 0.1) is 6.42 Å². The lowest BCUT2D eigenvalue weighted by Gasteiger charge is -2.14. The summed E-state index contributed by atoms with van der Waals surface area (Å²) in [5.41, 5.74) is 0.965. The molecule has 1 atom stereocenters. The van der Waals surface area contributed by atoms with E-state index in [1.165, 1.54) is 0 Å². The number of aromatic nitrogens is 1. The molecule has 0 aliphatic rings. The Balaban J connectivity index is 2.30. The standard InChI is InChI=1S/C13H20N2O2/c1-2-11(5-8-16)10-15-13(17)9-12-3-6-14-7-4-12/h3-4,6-7,11,16H,2,5,8-10H2,1H3,(H,15,17). The zero-order chi connectivity index (χ0) is 12.5. The number of nitrogens with zero attached hydrogens (tertiary/aromatic N) is 1. The van der Waals surface area contributed by atoms with E-state index >= 15 is 0 Å². The van der Waals surface area contributed by atoms with Crippen molar-refractivity contribution in [2.75, 3.05) is 13.2 Å². The lowest BCUT2D eigenvalue weighted by molar-refractivity contribution is -0.120. The molecule has 0 fully saturated rings. The Morgan fingerprint density at radius 2 is 2.18 bits per heavy atom. The van der Waals surface area contributed by atoms with Crippen LogP contribution in [0.3, 0.4) is 0 Å². The molecular formula is C13H20N2O2. The summed E-state index contributed by atoms with van der Waals surface area (Å²) in [6.07, 6.45) is 5.46. The Hall–Kier alpha value is -1.42. The van der Waals surface area contributed by atoms with Crippen molar-refractivity contribution in [1.82, 2.24) is 10.3 Å². The summed E-state index contributed by atoms with van der Waals surface area (Å²) in [4.78, 5) is 15.5. The van der Waals surface area contributed by atoms with E-state index in [0.29, 0.717) is 18.9 Å². The van der Waals surface area contributed by atoms with Crippen LogP contribution in [0, 0.1) is 5.92 Å². The minimum absolute atomic E-state index is 0.0209. The molecule has 0 bridgehead atoms. The Kier molecular flexibility index (Phi) is 6.25. The van der Waals surface area contributed by atoms with Gasteiger partial charge in [-0.3, -0.25) is 9.78 Å². The van der Waals surface area contributed by atoms with Crippen LogP contribution in [0.4, 0.5) is 0 Å². The van der Waals surface area contributed by atoms with Crippen LogP contribution < -0.4 is 5.32 Å². The first kappa shape index (κ1) is 13.6. The molecule has 0 spiro atoms. The molecule has 2 N–H and O–H groups in total. The minimum Gasteiger partial charge on any atom is -0.396 e. The van der Waals surface area contributed by atoms with Gasteiger partial charge in [0.15, 0.2) is 0 Å². The monoisotopic (exact) mass is 236 g/mol. The molecule has 0 radical (unpaired) electrons. The Bertz CT molecular complexity index is 327. The third-order valence-corrected chi connectivity index (χ3v) is 2.82. The number of carbonyl (C=O) groups excluding carboxylic acids is 1. The van der Waals surface area contributed by atoms with E-state index < -0.39 is 0 Å². The number of nitrogens with one attached hydrogen (secondary N) is 1. The molecule has 1 aromatic heterocycles. The fourth-order valence-electron chi connectivity index (χ4n) is 1.64. The van der Waals surface area contributed by atoms with Crippen LogP contribution in [-0.4, -0.2) is 29.1 Å². The topological polar surface area (TPSA) is 62.2 Å². The van der Waals surface area contributed by atoms with Crippen molar-refractivity contribution < 1.29 is 9.90 Å². The predicted octanol–water partition coefficient (Wildman–Crippen LogP) is 1.15. The van der Waals surface area contributed by atoms with Crippen molar-refractivity contribution in [1.29, 1.82) is 0 Å². The lowest BCUT2D eigenvalue weighted by atomic mass is 10.0. The smallest absolute Gasteiger partial charge is 0.224 e. The zero-order valence-corrected chi connectivity index (χ0v) is 10.2. The average molecular weight is 236 g/mol. The summed E-state index contributed by atoms with van der Waals surface area (Å²) in [5, 5.41) is 11.7. The molecule has 94 valence electrons. The van der Waals surface area contributed by atoms with Crippen molar-refractivity contribution in [2.24, 2.45) is 5.92 Å². The van der Waals surface area contributed by atoms with Crippen LogP contribution in [0.2, 0.25) is 0 Å². The van der Waals surface area contributed by atoms with Gasteiger partial charge in [0.2, 0.25) is 5.91 Å². The summed E-state index contributed by atoms with van der Waals surface area (Å²) in [5.74, 6) is 0.383. The first-order chi connectivity index (χ1) is 8.26. The van der Waals surface area contributed by atoms with Crippen LogP contribution in [0.1, 0.15) is 25.3 Å². The number of amides is 1. The first-order valence-corrected chi connectivity index (χ1v) is 6.02. The van der Waals surface area contributed by atoms with Crippen molar-refractivity contribution in [3.63, 3.8) is 0 Å². The van der Waals surface area contributed by atoms with Gasteiger partial charge in [-0.15, -0.1) is 0 Å². The molecule has 4 heteroatoms. The van der Waals surface area contributed by atoms with Crippen LogP contribution in [0.5, 0.6) is 0 Å². The van der Waals surface area contributed by atoms with E-state index in [4.69, 9.17) is 5.11 Å². The third-order valence-electron chi connectivity index (χ3n) is 2.82. The maximum Gasteiger partial charge on any atom is 0.224 e. The summed E-state index contributed by atoms with van der Waals surface area (Å²) >= 11 is 0. The minimum atomic E-state index is 0.0209. The molecule has 0 saturated carbocycles. The molecule has 4 nitrogen and oxygen atoms in total. The van der Waals surface area contributed by atoms with E-state index in [0.717, 1.165) is 18.4 Å². The van der Waals surface area contributed by atoms with Gasteiger partial charge in [-0.2, -0.15) is 0 Å². The first-order valence-electron chi connectivity index (χ1n) is 6.02. The van der Waals surface area contributed by atoms with Crippen LogP contribution in [0.15, 0.2) is 24.5 Å². The highest BCUT2D eigenvalue weighted by molar-refractivity contribution is 5.78. The van der Waals surface area contributed by atoms with Crippen molar-refractivity contribution in [3.05, 3.63) is 30.1 Å². The van der Waals surface area contributed by atoms with Crippen LogP contribution >= 0.6 is 0 Å². The second-order valence-electron chi connectivity index (χ2n) is 4.12. The number of hydrogen-bond acceptors (Lipinski definition) is 3. The second kappa shape index (κ2) is 7.79. The van der Waals surface area contributed by atoms with Gasteiger partial charge in [-0.05, 0) is 30.0 Å². The van der Waals surface area contributed by atoms with E-state index in [9.17, 15) is 4.79 Å². The summed E-state index contributed by atoms with van der Waals surface area (Å²) < 4.78 is 0. The molecule has 0 saturated heterocycles. The number of pyridine rings is 1. The summed E-state index contributed by atoms with van der Waals surface area (Å²) in [6, 6.07) is 3.68. The Morgan fingerprint density at radius 3 is 2.76 bits per heavy atom. The fraction of sp³-hybridized carbons (Fsp3) is 0.538. The van der Waals surface area contributed by atoms with Gasteiger partial charge in [-0.1, -0.05) is 13.3 Å². The van der Waals surface area contributed by atoms with Gasteiger partial charge in [-0.25, -0.2) is 0 Å². The van der Waals surface area contributed by atoms with Crippen molar-refractivity contribution in [3.8, 4) is 0 Å². The molecule has 0 aliphatic carbocycles. The second-order valence-corrected chi connectivity index (χ2v) is 4.12. The SMILES string of the molecule is CCC(CCO)CNC(=O)Cc1ccncc1. The maximum absolute atomic E-state index is 11.6.